The van der Waals surface area contributed by atoms with Crippen LogP contribution in [0.1, 0.15) is 44.2 Å². The largest absolute Gasteiger partial charge is 0.489 e. The second-order valence-electron chi connectivity index (χ2n) is 9.18. The third kappa shape index (κ3) is 6.33. The van der Waals surface area contributed by atoms with Crippen LogP contribution in [-0.2, 0) is 16.0 Å². The number of nitrogens with two attached hydrogens (primary N) is 1. The van der Waals surface area contributed by atoms with Gasteiger partial charge in [-0.3, -0.25) is 4.79 Å². The number of halogens is 4. The predicted molar refractivity (Wildman–Crippen MR) is 134 cm³/mol. The molecule has 38 heavy (non-hydrogen) atoms. The molecular weight excluding hydrogens is 529 g/mol. The maximum atomic E-state index is 14.7. The number of hydrogen-bond donors (Lipinski definition) is 2. The van der Waals surface area contributed by atoms with Crippen LogP contribution < -0.4 is 15.2 Å². The molecule has 3 N–H and O–H groups in total. The van der Waals surface area contributed by atoms with Crippen molar-refractivity contribution in [1.29, 1.82) is 0 Å². The smallest absolute Gasteiger partial charge is 0.387 e. The Morgan fingerprint density at radius 1 is 1.32 bits per heavy atom. The number of carbonyl (C=O) groups is 1. The third-order valence-electron chi connectivity index (χ3n) is 6.28. The van der Waals surface area contributed by atoms with E-state index in [1.807, 2.05) is 0 Å². The van der Waals surface area contributed by atoms with Crippen LogP contribution in [0.25, 0.3) is 11.5 Å². The number of ether oxygens (including phenoxy) is 3. The maximum Gasteiger partial charge on any atom is 0.387 e. The number of benzene rings is 1. The molecule has 1 fully saturated rings. The van der Waals surface area contributed by atoms with Crippen LogP contribution in [0, 0.1) is 11.3 Å². The van der Waals surface area contributed by atoms with Crippen LogP contribution in [0.3, 0.4) is 0 Å². The van der Waals surface area contributed by atoms with Crippen LogP contribution in [0.2, 0.25) is 0 Å². The lowest BCUT2D eigenvalue weighted by atomic mass is 9.74. The van der Waals surface area contributed by atoms with Gasteiger partial charge in [-0.25, -0.2) is 9.37 Å². The van der Waals surface area contributed by atoms with Gasteiger partial charge < -0.3 is 29.5 Å². The van der Waals surface area contributed by atoms with Crippen molar-refractivity contribution in [2.45, 2.75) is 51.9 Å². The molecule has 0 aliphatic heterocycles. The molecule has 0 saturated heterocycles. The molecule has 0 radical (unpaired) electrons. The summed E-state index contributed by atoms with van der Waals surface area (Å²) >= 11 is 0. The van der Waals surface area contributed by atoms with Crippen molar-refractivity contribution in [3.05, 3.63) is 53.7 Å². The highest BCUT2D eigenvalue weighted by Crippen LogP contribution is 2.41. The van der Waals surface area contributed by atoms with Gasteiger partial charge in [0.25, 0.3) is 0 Å². The Morgan fingerprint density at radius 2 is 2.05 bits per heavy atom. The Bertz CT molecular complexity index is 1200. The van der Waals surface area contributed by atoms with E-state index in [9.17, 15) is 23.1 Å². The molecule has 4 rings (SSSR count). The van der Waals surface area contributed by atoms with E-state index in [0.29, 0.717) is 18.1 Å². The Balaban J connectivity index is 0.00000400. The number of carboxylic acids is 1. The summed E-state index contributed by atoms with van der Waals surface area (Å²) in [7, 11) is 0. The normalized spacial score (nSPS) is 21.6. The fourth-order valence-corrected chi connectivity index (χ4v) is 4.22. The molecule has 2 aromatic rings. The number of rotatable bonds is 12. The van der Waals surface area contributed by atoms with E-state index in [-0.39, 0.29) is 54.3 Å². The molecule has 1 aromatic carbocycles. The van der Waals surface area contributed by atoms with E-state index < -0.39 is 36.0 Å². The van der Waals surface area contributed by atoms with Crippen molar-refractivity contribution in [3.8, 4) is 23.0 Å². The van der Waals surface area contributed by atoms with E-state index in [4.69, 9.17) is 19.6 Å². The minimum atomic E-state index is -3.03. The van der Waals surface area contributed by atoms with Crippen molar-refractivity contribution >= 4 is 18.4 Å². The molecule has 2 unspecified atom stereocenters. The number of carboxylic acid groups (broad SMARTS) is 1. The minimum Gasteiger partial charge on any atom is -0.489 e. The van der Waals surface area contributed by atoms with Crippen LogP contribution in [0.4, 0.5) is 13.2 Å². The first kappa shape index (κ1) is 29.5. The fraction of sp³-hybridized carbons (Fsp3) is 0.462. The maximum absolute atomic E-state index is 14.7. The molecule has 2 aliphatic carbocycles. The highest BCUT2D eigenvalue weighted by molar-refractivity contribution is 5.85. The van der Waals surface area contributed by atoms with E-state index in [0.717, 1.165) is 18.9 Å². The molecule has 0 bridgehead atoms. The SMILES string of the molecule is CCOC1C(F)=CC=C[C@]1(Cc1nc(-c2ccc(OC(F)F)c(OCC3CC3)c2)oc1C(C)N)C(=O)O.Cl. The molecule has 1 heterocycles. The molecule has 3 atom stereocenters. The van der Waals surface area contributed by atoms with Gasteiger partial charge in [0.1, 0.15) is 23.1 Å². The average molecular weight is 559 g/mol. The highest BCUT2D eigenvalue weighted by atomic mass is 35.5. The van der Waals surface area contributed by atoms with Crippen molar-refractivity contribution in [2.75, 3.05) is 13.2 Å². The summed E-state index contributed by atoms with van der Waals surface area (Å²) in [4.78, 5) is 17.0. The van der Waals surface area contributed by atoms with Gasteiger partial charge in [-0.1, -0.05) is 12.2 Å². The lowest BCUT2D eigenvalue weighted by molar-refractivity contribution is -0.154. The summed E-state index contributed by atoms with van der Waals surface area (Å²) in [6.07, 6.45) is 4.24. The summed E-state index contributed by atoms with van der Waals surface area (Å²) in [6, 6.07) is 3.60. The van der Waals surface area contributed by atoms with Gasteiger partial charge in [0.2, 0.25) is 5.89 Å². The minimum absolute atomic E-state index is 0. The van der Waals surface area contributed by atoms with Gasteiger partial charge >= 0.3 is 12.6 Å². The molecular formula is C26H30ClF3N2O6. The molecule has 2 aliphatic rings. The Hall–Kier alpha value is -3.02. The standard InChI is InChI=1S/C26H29F3N2O6.ClH/c1-3-34-22-17(27)5-4-10-26(22,24(32)33)12-18-21(14(2)30)37-23(31-18)16-8-9-19(36-25(28)29)20(11-16)35-13-15-6-7-15;/h4-5,8-11,14-15,22,25H,3,6-7,12-13,30H2,1-2H3,(H,32,33);1H/t14?,22?,26-;/m1./s1. The van der Waals surface area contributed by atoms with E-state index in [2.05, 4.69) is 9.72 Å². The number of allylic oxidation sites excluding steroid dienone is 2. The topological polar surface area (TPSA) is 117 Å². The Kier molecular flexibility index (Phi) is 9.50. The van der Waals surface area contributed by atoms with Crippen molar-refractivity contribution in [3.63, 3.8) is 0 Å². The lowest BCUT2D eigenvalue weighted by Gasteiger charge is -2.35. The first-order valence-electron chi connectivity index (χ1n) is 12.0. The van der Waals surface area contributed by atoms with E-state index >= 15 is 0 Å². The highest BCUT2D eigenvalue weighted by Gasteiger charge is 2.49. The van der Waals surface area contributed by atoms with Gasteiger partial charge in [-0.05, 0) is 56.9 Å². The van der Waals surface area contributed by atoms with Crippen LogP contribution in [-0.4, -0.2) is 42.0 Å². The average Bonchev–Trinajstić information content (AvgIpc) is 3.57. The predicted octanol–water partition coefficient (Wildman–Crippen LogP) is 5.62. The van der Waals surface area contributed by atoms with E-state index in [1.54, 1.807) is 13.8 Å². The molecule has 208 valence electrons. The zero-order chi connectivity index (χ0) is 26.7. The summed E-state index contributed by atoms with van der Waals surface area (Å²) in [5.74, 6) is -1.39. The molecule has 8 nitrogen and oxygen atoms in total. The van der Waals surface area contributed by atoms with E-state index in [1.165, 1.54) is 30.4 Å². The lowest BCUT2D eigenvalue weighted by Crippen LogP contribution is -2.46. The second kappa shape index (κ2) is 12.2. The number of nitrogens with zero attached hydrogens (tertiary/aromatic N) is 1. The molecule has 1 saturated carbocycles. The van der Waals surface area contributed by atoms with Crippen molar-refractivity contribution in [2.24, 2.45) is 17.1 Å². The monoisotopic (exact) mass is 558 g/mol. The molecule has 0 spiro atoms. The zero-order valence-corrected chi connectivity index (χ0v) is 21.7. The summed E-state index contributed by atoms with van der Waals surface area (Å²) < 4.78 is 62.2. The second-order valence-corrected chi connectivity index (χ2v) is 9.18. The van der Waals surface area contributed by atoms with Gasteiger partial charge in [0, 0.05) is 18.6 Å². The molecule has 1 aromatic heterocycles. The number of oxazole rings is 1. The van der Waals surface area contributed by atoms with Gasteiger partial charge in [-0.2, -0.15) is 8.78 Å². The fourth-order valence-electron chi connectivity index (χ4n) is 4.22. The quantitative estimate of drug-likeness (QED) is 0.345. The summed E-state index contributed by atoms with van der Waals surface area (Å²) in [6.45, 7) is 0.703. The molecule has 0 amide bonds. The van der Waals surface area contributed by atoms with Crippen LogP contribution in [0.5, 0.6) is 11.5 Å². The molecule has 12 heteroatoms. The summed E-state index contributed by atoms with van der Waals surface area (Å²) in [5.41, 5.74) is 4.91. The van der Waals surface area contributed by atoms with Gasteiger partial charge in [0.05, 0.1) is 18.3 Å². The number of alkyl halides is 2. The number of aromatic nitrogens is 1. The number of hydrogen-bond acceptors (Lipinski definition) is 7. The third-order valence-corrected chi connectivity index (χ3v) is 6.28. The van der Waals surface area contributed by atoms with Gasteiger partial charge in [0.15, 0.2) is 11.5 Å². The first-order valence-corrected chi connectivity index (χ1v) is 12.0. The first-order chi connectivity index (χ1) is 17.6. The Morgan fingerprint density at radius 3 is 2.66 bits per heavy atom. The van der Waals surface area contributed by atoms with Crippen LogP contribution in [0.15, 0.2) is 46.7 Å². The zero-order valence-electron chi connectivity index (χ0n) is 20.9. The Labute approximate surface area is 224 Å². The van der Waals surface area contributed by atoms with Gasteiger partial charge in [-0.15, -0.1) is 12.4 Å². The van der Waals surface area contributed by atoms with Crippen molar-refractivity contribution < 1.29 is 41.7 Å². The number of aliphatic carboxylic acids is 1. The van der Waals surface area contributed by atoms with Crippen molar-refractivity contribution in [1.82, 2.24) is 4.98 Å². The van der Waals surface area contributed by atoms with Crippen LogP contribution >= 0.6 is 12.4 Å². The summed E-state index contributed by atoms with van der Waals surface area (Å²) in [5, 5.41) is 10.2.